The van der Waals surface area contributed by atoms with Crippen LogP contribution in [-0.4, -0.2) is 15.0 Å². The summed E-state index contributed by atoms with van der Waals surface area (Å²) >= 11 is 0. The molecule has 3 nitrogen and oxygen atoms in total. The van der Waals surface area contributed by atoms with Crippen LogP contribution in [0.4, 0.5) is 0 Å². The van der Waals surface area contributed by atoms with Crippen LogP contribution in [0.15, 0.2) is 286 Å². The maximum atomic E-state index is 4.87. The van der Waals surface area contributed by atoms with Gasteiger partial charge in [0.25, 0.3) is 0 Å². The van der Waals surface area contributed by atoms with Gasteiger partial charge in [0.05, 0.1) is 17.1 Å². The van der Waals surface area contributed by atoms with Crippen molar-refractivity contribution in [2.75, 3.05) is 0 Å². The van der Waals surface area contributed by atoms with E-state index in [0.29, 0.717) is 0 Å². The summed E-state index contributed by atoms with van der Waals surface area (Å²) in [5.41, 5.74) is 22.2. The van der Waals surface area contributed by atoms with Gasteiger partial charge in [-0.15, -0.1) is 0 Å². The normalized spacial score (nSPS) is 11.2. The van der Waals surface area contributed by atoms with Gasteiger partial charge < -0.3 is 0 Å². The Morgan fingerprint density at radius 2 is 0.527 bits per heavy atom. The fraction of sp³-hybridized carbons (Fsp3) is 0. The summed E-state index contributed by atoms with van der Waals surface area (Å²) in [6.45, 7) is 0. The molecule has 0 saturated heterocycles. The van der Waals surface area contributed by atoms with Gasteiger partial charge in [0.2, 0.25) is 0 Å². The van der Waals surface area contributed by atoms with Crippen LogP contribution in [0.2, 0.25) is 0 Å². The summed E-state index contributed by atoms with van der Waals surface area (Å²) in [5.74, 6) is 0. The Labute approximate surface area is 431 Å². The molecule has 3 aromatic heterocycles. The highest BCUT2D eigenvalue weighted by Gasteiger charge is 2.17. The first-order valence-corrected chi connectivity index (χ1v) is 25.1. The van der Waals surface area contributed by atoms with Crippen LogP contribution in [-0.2, 0) is 0 Å². The summed E-state index contributed by atoms with van der Waals surface area (Å²) in [7, 11) is 0. The molecule has 0 amide bonds. The first-order chi connectivity index (χ1) is 36.7. The lowest BCUT2D eigenvalue weighted by Crippen LogP contribution is -1.92. The molecular weight excluding hydrogens is 895 g/mol. The van der Waals surface area contributed by atoms with Gasteiger partial charge in [-0.05, 0) is 160 Å². The standard InChI is InChI=1S/C71H47N3/c1-2-14-61-48(13-1)29-36-57-43-55(37-38-68(57)61)56-39-42-74-71(47-56)54-34-27-51(28-35-54)64-17-5-8-20-67(64)60-45-58(65-18-6-3-15-62(65)49-23-30-52(31-24-49)69-21-9-11-40-72-69)44-59(46-60)66-19-7-4-16-63(66)50-25-32-53(33-26-50)70-22-10-12-41-73-70/h1-47H. The lowest BCUT2D eigenvalue weighted by Gasteiger charge is -2.18. The maximum Gasteiger partial charge on any atom is 0.0708 e. The molecule has 0 radical (unpaired) electrons. The molecule has 0 fully saturated rings. The number of nitrogens with zero attached hydrogens (tertiary/aromatic N) is 3. The third-order valence-electron chi connectivity index (χ3n) is 14.3. The Hall–Kier alpha value is -9.83. The Morgan fingerprint density at radius 1 is 0.176 bits per heavy atom. The molecule has 0 saturated carbocycles. The summed E-state index contributed by atoms with van der Waals surface area (Å²) in [4.78, 5) is 14.1. The molecule has 346 valence electrons. The molecule has 13 rings (SSSR count). The van der Waals surface area contributed by atoms with Crippen molar-refractivity contribution >= 4 is 21.5 Å². The first-order valence-electron chi connectivity index (χ1n) is 25.1. The molecule has 3 heteroatoms. The van der Waals surface area contributed by atoms with Crippen molar-refractivity contribution in [3.8, 4) is 112 Å². The Morgan fingerprint density at radius 3 is 1.00 bits per heavy atom. The van der Waals surface area contributed by atoms with E-state index in [4.69, 9.17) is 4.98 Å². The fourth-order valence-electron chi connectivity index (χ4n) is 10.5. The zero-order valence-electron chi connectivity index (χ0n) is 40.5. The Bertz CT molecular complexity index is 4000. The predicted octanol–water partition coefficient (Wildman–Crippen LogP) is 18.8. The van der Waals surface area contributed by atoms with Gasteiger partial charge >= 0.3 is 0 Å². The monoisotopic (exact) mass is 941 g/mol. The minimum absolute atomic E-state index is 0.938. The largest absolute Gasteiger partial charge is 0.256 e. The lowest BCUT2D eigenvalue weighted by molar-refractivity contribution is 1.33. The van der Waals surface area contributed by atoms with Crippen molar-refractivity contribution in [3.63, 3.8) is 0 Å². The zero-order chi connectivity index (χ0) is 49.2. The van der Waals surface area contributed by atoms with Gasteiger partial charge in [0, 0.05) is 35.3 Å². The first kappa shape index (κ1) is 44.1. The maximum absolute atomic E-state index is 4.87. The van der Waals surface area contributed by atoms with Crippen LogP contribution in [0.1, 0.15) is 0 Å². The second-order valence-corrected chi connectivity index (χ2v) is 18.8. The number of pyridine rings is 3. The van der Waals surface area contributed by atoms with Crippen molar-refractivity contribution in [2.45, 2.75) is 0 Å². The van der Waals surface area contributed by atoms with E-state index in [0.717, 1.165) is 106 Å². The van der Waals surface area contributed by atoms with Crippen LogP contribution in [0.25, 0.3) is 133 Å². The SMILES string of the molecule is c1ccc(-c2ccc(-c3ccccc3-c3cc(-c4ccccc4-c4ccc(-c5ccccn5)cc4)cc(-c4ccccc4-c4ccc(-c5cc(-c6ccc7c(ccc8ccccc87)c6)ccn5)cc4)c3)cc2)nc1. The topological polar surface area (TPSA) is 38.7 Å². The van der Waals surface area contributed by atoms with Crippen LogP contribution < -0.4 is 0 Å². The van der Waals surface area contributed by atoms with Crippen molar-refractivity contribution in [3.05, 3.63) is 286 Å². The average Bonchev–Trinajstić information content (AvgIpc) is 3.49. The van der Waals surface area contributed by atoms with Gasteiger partial charge in [-0.1, -0.05) is 206 Å². The summed E-state index contributed by atoms with van der Waals surface area (Å²) in [6, 6.07) is 96.1. The number of fused-ring (bicyclic) bond motifs is 3. The van der Waals surface area contributed by atoms with E-state index in [1.165, 1.54) is 27.1 Å². The van der Waals surface area contributed by atoms with Crippen LogP contribution >= 0.6 is 0 Å². The molecule has 0 N–H and O–H groups in total. The van der Waals surface area contributed by atoms with E-state index in [1.54, 1.807) is 0 Å². The molecule has 10 aromatic carbocycles. The molecule has 0 aliphatic carbocycles. The lowest BCUT2D eigenvalue weighted by atomic mass is 9.86. The highest BCUT2D eigenvalue weighted by atomic mass is 14.7. The van der Waals surface area contributed by atoms with Crippen molar-refractivity contribution in [1.82, 2.24) is 15.0 Å². The van der Waals surface area contributed by atoms with Gasteiger partial charge in [0.15, 0.2) is 0 Å². The molecule has 0 aliphatic rings. The molecule has 74 heavy (non-hydrogen) atoms. The second-order valence-electron chi connectivity index (χ2n) is 18.8. The molecule has 0 atom stereocenters. The smallest absolute Gasteiger partial charge is 0.0708 e. The van der Waals surface area contributed by atoms with E-state index in [1.807, 2.05) is 42.9 Å². The molecular formula is C71H47N3. The number of hydrogen-bond donors (Lipinski definition) is 0. The minimum Gasteiger partial charge on any atom is -0.256 e. The van der Waals surface area contributed by atoms with Gasteiger partial charge in [0.1, 0.15) is 0 Å². The van der Waals surface area contributed by atoms with E-state index in [2.05, 4.69) is 253 Å². The zero-order valence-corrected chi connectivity index (χ0v) is 40.5. The van der Waals surface area contributed by atoms with E-state index < -0.39 is 0 Å². The average molecular weight is 942 g/mol. The highest BCUT2D eigenvalue weighted by Crippen LogP contribution is 2.43. The molecule has 0 spiro atoms. The highest BCUT2D eigenvalue weighted by molar-refractivity contribution is 6.08. The van der Waals surface area contributed by atoms with Crippen LogP contribution in [0.3, 0.4) is 0 Å². The number of benzene rings is 10. The molecule has 0 bridgehead atoms. The van der Waals surface area contributed by atoms with E-state index >= 15 is 0 Å². The predicted molar refractivity (Wildman–Crippen MR) is 309 cm³/mol. The molecule has 13 aromatic rings. The van der Waals surface area contributed by atoms with Crippen LogP contribution in [0.5, 0.6) is 0 Å². The number of hydrogen-bond acceptors (Lipinski definition) is 3. The van der Waals surface area contributed by atoms with Gasteiger partial charge in [-0.2, -0.15) is 0 Å². The number of rotatable bonds is 10. The van der Waals surface area contributed by atoms with E-state index in [9.17, 15) is 0 Å². The summed E-state index contributed by atoms with van der Waals surface area (Å²) < 4.78 is 0. The van der Waals surface area contributed by atoms with Gasteiger partial charge in [-0.3, -0.25) is 15.0 Å². The Balaban J connectivity index is 0.891. The molecule has 3 heterocycles. The quantitative estimate of drug-likeness (QED) is 0.128. The number of aromatic nitrogens is 3. The molecule has 0 aliphatic heterocycles. The van der Waals surface area contributed by atoms with Gasteiger partial charge in [-0.25, -0.2) is 0 Å². The molecule has 0 unspecified atom stereocenters. The summed E-state index contributed by atoms with van der Waals surface area (Å²) in [5, 5.41) is 5.02. The summed E-state index contributed by atoms with van der Waals surface area (Å²) in [6.07, 6.45) is 5.61. The Kier molecular flexibility index (Phi) is 11.6. The second kappa shape index (κ2) is 19.4. The third-order valence-corrected chi connectivity index (χ3v) is 14.3. The minimum atomic E-state index is 0.938. The fourth-order valence-corrected chi connectivity index (χ4v) is 10.5. The van der Waals surface area contributed by atoms with E-state index in [-0.39, 0.29) is 0 Å². The van der Waals surface area contributed by atoms with Crippen molar-refractivity contribution in [1.29, 1.82) is 0 Å². The van der Waals surface area contributed by atoms with Crippen molar-refractivity contribution < 1.29 is 0 Å². The third kappa shape index (κ3) is 8.63. The van der Waals surface area contributed by atoms with Crippen molar-refractivity contribution in [2.24, 2.45) is 0 Å². The van der Waals surface area contributed by atoms with Crippen LogP contribution in [0, 0.1) is 0 Å².